The molecule has 0 atom stereocenters. The second-order valence-electron chi connectivity index (χ2n) is 5.39. The van der Waals surface area contributed by atoms with Crippen molar-refractivity contribution in [3.8, 4) is 0 Å². The van der Waals surface area contributed by atoms with E-state index in [0.717, 1.165) is 0 Å². The fourth-order valence-electron chi connectivity index (χ4n) is 2.98. The molecule has 4 heteroatoms. The molecule has 1 aromatic carbocycles. The molecule has 0 fully saturated rings. The van der Waals surface area contributed by atoms with Gasteiger partial charge in [0.2, 0.25) is 0 Å². The van der Waals surface area contributed by atoms with Crippen LogP contribution in [0.5, 0.6) is 0 Å². The fraction of sp³-hybridized carbons (Fsp3) is 0.176. The van der Waals surface area contributed by atoms with Gasteiger partial charge in [0, 0.05) is 0 Å². The van der Waals surface area contributed by atoms with Crippen LogP contribution in [0.25, 0.3) is 0 Å². The van der Waals surface area contributed by atoms with E-state index >= 15 is 0 Å². The Hall–Kier alpha value is -0.309. The molecular weight excluding hydrogens is 351 g/mol. The predicted octanol–water partition coefficient (Wildman–Crippen LogP) is 4.42. The molecular formula is C17H21Cl2SiTi. The summed E-state index contributed by atoms with van der Waals surface area (Å²) >= 11 is -2.09. The average molecular weight is 372 g/mol. The number of allylic oxidation sites excluding steroid dienone is 8. The maximum absolute atomic E-state index is 2.40. The second-order valence-corrected chi connectivity index (χ2v) is 16.3. The zero-order valence-corrected chi connectivity index (χ0v) is 16.6. The molecule has 3 rings (SSSR count). The normalized spacial score (nSPS) is 16.0. The number of hydrogen-bond donors (Lipinski definition) is 0. The first-order valence-corrected chi connectivity index (χ1v) is 13.6. The summed E-state index contributed by atoms with van der Waals surface area (Å²) in [6.07, 6.45) is 16.3. The van der Waals surface area contributed by atoms with Crippen LogP contribution in [0.1, 0.15) is 18.4 Å². The van der Waals surface area contributed by atoms with E-state index in [9.17, 15) is 0 Å². The molecule has 0 aliphatic heterocycles. The van der Waals surface area contributed by atoms with E-state index in [-0.39, 0.29) is 24.8 Å². The van der Waals surface area contributed by atoms with Gasteiger partial charge in [-0.05, 0) is 0 Å². The van der Waals surface area contributed by atoms with E-state index in [4.69, 9.17) is 0 Å². The van der Waals surface area contributed by atoms with Crippen molar-refractivity contribution in [2.24, 2.45) is 0 Å². The minimum atomic E-state index is -2.09. The van der Waals surface area contributed by atoms with E-state index in [2.05, 4.69) is 74.4 Å². The van der Waals surface area contributed by atoms with Crippen LogP contribution in [0.15, 0.2) is 74.5 Å². The van der Waals surface area contributed by atoms with Crippen LogP contribution in [-0.2, 0) is 20.1 Å². The first-order valence-electron chi connectivity index (χ1n) is 6.91. The summed E-state index contributed by atoms with van der Waals surface area (Å²) in [6, 6.07) is 11.0. The van der Waals surface area contributed by atoms with Crippen molar-refractivity contribution in [1.29, 1.82) is 0 Å². The van der Waals surface area contributed by atoms with Crippen molar-refractivity contribution < 1.29 is 15.3 Å². The van der Waals surface area contributed by atoms with E-state index in [1.165, 1.54) is 23.1 Å². The SMILES string of the molecule is Cl.Cl.[SiH2]=[Ti]([CH2]c1ccccc1)([C]1=CC=CC1)[C]1=CC=CC1. The third-order valence-corrected chi connectivity index (χ3v) is 15.5. The van der Waals surface area contributed by atoms with Gasteiger partial charge in [-0.25, -0.2) is 0 Å². The van der Waals surface area contributed by atoms with Crippen molar-refractivity contribution >= 4 is 32.4 Å². The average Bonchev–Trinajstić information content (AvgIpc) is 3.14. The van der Waals surface area contributed by atoms with Crippen molar-refractivity contribution in [1.82, 2.24) is 0 Å². The van der Waals surface area contributed by atoms with Crippen LogP contribution in [0.4, 0.5) is 0 Å². The molecule has 0 heterocycles. The van der Waals surface area contributed by atoms with Crippen LogP contribution in [0.3, 0.4) is 0 Å². The molecule has 0 saturated carbocycles. The molecule has 2 aliphatic carbocycles. The molecule has 0 saturated heterocycles. The van der Waals surface area contributed by atoms with Gasteiger partial charge in [0.15, 0.2) is 0 Å². The molecule has 111 valence electrons. The van der Waals surface area contributed by atoms with Gasteiger partial charge < -0.3 is 0 Å². The molecule has 1 aromatic rings. The van der Waals surface area contributed by atoms with Crippen LogP contribution in [-0.4, -0.2) is 7.63 Å². The van der Waals surface area contributed by atoms with E-state index in [0.29, 0.717) is 0 Å². The van der Waals surface area contributed by atoms with E-state index in [1.54, 1.807) is 7.76 Å². The van der Waals surface area contributed by atoms with Gasteiger partial charge in [-0.3, -0.25) is 0 Å². The monoisotopic (exact) mass is 371 g/mol. The fourth-order valence-corrected chi connectivity index (χ4v) is 12.0. The van der Waals surface area contributed by atoms with Gasteiger partial charge >= 0.3 is 121 Å². The number of rotatable bonds is 4. The Morgan fingerprint density at radius 1 is 0.857 bits per heavy atom. The maximum atomic E-state index is 2.40. The van der Waals surface area contributed by atoms with E-state index < -0.39 is 15.3 Å². The summed E-state index contributed by atoms with van der Waals surface area (Å²) in [4.78, 5) is 0. The zero-order chi connectivity index (χ0) is 13.1. The van der Waals surface area contributed by atoms with Gasteiger partial charge in [0.05, 0.1) is 0 Å². The topological polar surface area (TPSA) is 0 Å². The first-order chi connectivity index (χ1) is 9.29. The second kappa shape index (κ2) is 8.36. The Balaban J connectivity index is 0.00000110. The van der Waals surface area contributed by atoms with Crippen LogP contribution in [0.2, 0.25) is 0 Å². The Kier molecular flexibility index (Phi) is 7.46. The van der Waals surface area contributed by atoms with Crippen molar-refractivity contribution in [2.45, 2.75) is 17.6 Å². The number of benzene rings is 1. The van der Waals surface area contributed by atoms with Gasteiger partial charge in [0.25, 0.3) is 0 Å². The molecule has 0 radical (unpaired) electrons. The molecule has 0 aromatic heterocycles. The van der Waals surface area contributed by atoms with Crippen molar-refractivity contribution in [3.63, 3.8) is 0 Å². The molecule has 0 spiro atoms. The number of halogens is 2. The molecule has 0 bridgehead atoms. The van der Waals surface area contributed by atoms with Gasteiger partial charge in [-0.15, -0.1) is 24.8 Å². The minimum absolute atomic E-state index is 0. The Morgan fingerprint density at radius 3 is 1.81 bits per heavy atom. The summed E-state index contributed by atoms with van der Waals surface area (Å²) in [6.45, 7) is 0. The first kappa shape index (κ1) is 18.7. The Labute approximate surface area is 144 Å². The van der Waals surface area contributed by atoms with E-state index in [1.807, 2.05) is 0 Å². The third kappa shape index (κ3) is 4.12. The predicted molar refractivity (Wildman–Crippen MR) is 96.9 cm³/mol. The standard InChI is InChI=1S/C7H7.2C5H5.2ClH.H2Si.Ti/c1-7-5-3-2-4-6-7;2*1-2-4-5-3-1;;;;/h2-6H,1H2;2*1-3H,4H2;2*1H;1H2;. The zero-order valence-electron chi connectivity index (χ0n) is 12.0. The summed E-state index contributed by atoms with van der Waals surface area (Å²) in [7, 11) is 2.34. The van der Waals surface area contributed by atoms with Gasteiger partial charge in [-0.2, -0.15) is 0 Å². The van der Waals surface area contributed by atoms with Crippen LogP contribution < -0.4 is 0 Å². The van der Waals surface area contributed by atoms with Gasteiger partial charge in [-0.1, -0.05) is 0 Å². The van der Waals surface area contributed by atoms with Crippen LogP contribution in [0, 0.1) is 0 Å². The molecule has 2 aliphatic rings. The molecule has 0 unspecified atom stereocenters. The van der Waals surface area contributed by atoms with Crippen molar-refractivity contribution in [2.75, 3.05) is 0 Å². The van der Waals surface area contributed by atoms with Crippen molar-refractivity contribution in [3.05, 3.63) is 80.1 Å². The van der Waals surface area contributed by atoms with Crippen LogP contribution >= 0.6 is 24.8 Å². The Bertz CT molecular complexity index is 608. The quantitative estimate of drug-likeness (QED) is 0.687. The van der Waals surface area contributed by atoms with Gasteiger partial charge in [0.1, 0.15) is 0 Å². The summed E-state index contributed by atoms with van der Waals surface area (Å²) in [5.41, 5.74) is 1.51. The third-order valence-electron chi connectivity index (χ3n) is 4.12. The summed E-state index contributed by atoms with van der Waals surface area (Å²) in [5, 5.41) is 0. The summed E-state index contributed by atoms with van der Waals surface area (Å²) in [5.74, 6) is 0. The molecule has 21 heavy (non-hydrogen) atoms. The molecule has 0 N–H and O–H groups in total. The molecule has 0 nitrogen and oxygen atoms in total. The summed E-state index contributed by atoms with van der Waals surface area (Å²) < 4.78 is 4.79. The Morgan fingerprint density at radius 2 is 1.38 bits per heavy atom. The number of hydrogen-bond acceptors (Lipinski definition) is 0. The molecule has 0 amide bonds.